The second-order valence-electron chi connectivity index (χ2n) is 2.85. The average molecular weight is 314 g/mol. The molecule has 0 saturated carbocycles. The van der Waals surface area contributed by atoms with Gasteiger partial charge in [0.1, 0.15) is 18.1 Å². The SMILES string of the molecule is [Cl][Al-]([Cl])([Cl])[Cl].c1ccc(-[n+]2cc[nH]c2)cc1. The maximum absolute atomic E-state index is 4.99. The minimum Gasteiger partial charge on any atom is -0.391 e. The molecule has 0 fully saturated rings. The molecule has 1 N–H and O–H groups in total. The first-order valence-electron chi connectivity index (χ1n) is 4.43. The van der Waals surface area contributed by atoms with Crippen molar-refractivity contribution >= 4 is 49.6 Å². The molecule has 0 spiro atoms. The van der Waals surface area contributed by atoms with E-state index in [0.717, 1.165) is 0 Å². The molecular formula is C9H9AlCl4N2. The Kier molecular flexibility index (Phi) is 5.99. The molecule has 16 heavy (non-hydrogen) atoms. The topological polar surface area (TPSA) is 19.7 Å². The molecule has 2 nitrogen and oxygen atoms in total. The first-order valence-corrected chi connectivity index (χ1v) is 11.4. The van der Waals surface area contributed by atoms with Crippen molar-refractivity contribution in [1.82, 2.24) is 4.98 Å². The number of rotatable bonds is 1. The van der Waals surface area contributed by atoms with Crippen molar-refractivity contribution in [2.24, 2.45) is 0 Å². The van der Waals surface area contributed by atoms with E-state index in [0.29, 0.717) is 0 Å². The van der Waals surface area contributed by atoms with Crippen molar-refractivity contribution in [3.8, 4) is 5.69 Å². The molecule has 0 amide bonds. The van der Waals surface area contributed by atoms with Crippen LogP contribution in [-0.2, 0) is 0 Å². The molecule has 86 valence electrons. The van der Waals surface area contributed by atoms with Crippen LogP contribution in [0.4, 0.5) is 0 Å². The van der Waals surface area contributed by atoms with Gasteiger partial charge in [-0.05, 0) is 12.1 Å². The van der Waals surface area contributed by atoms with Crippen LogP contribution in [0.15, 0.2) is 49.1 Å². The van der Waals surface area contributed by atoms with Crippen molar-refractivity contribution in [3.05, 3.63) is 49.1 Å². The van der Waals surface area contributed by atoms with Gasteiger partial charge in [-0.25, -0.2) is 9.55 Å². The molecule has 0 unspecified atom stereocenters. The number of para-hydroxylation sites is 1. The van der Waals surface area contributed by atoms with Crippen LogP contribution in [-0.4, -0.2) is 14.4 Å². The van der Waals surface area contributed by atoms with Gasteiger partial charge < -0.3 is 40.2 Å². The fourth-order valence-electron chi connectivity index (χ4n) is 1.05. The van der Waals surface area contributed by atoms with Gasteiger partial charge in [-0.15, -0.1) is 0 Å². The molecule has 0 aliphatic carbocycles. The van der Waals surface area contributed by atoms with Gasteiger partial charge in [-0.1, -0.05) is 18.2 Å². The van der Waals surface area contributed by atoms with Gasteiger partial charge in [-0.3, -0.25) is 0 Å². The van der Waals surface area contributed by atoms with E-state index in [1.807, 2.05) is 41.5 Å². The lowest BCUT2D eigenvalue weighted by Crippen LogP contribution is -2.26. The van der Waals surface area contributed by atoms with Crippen molar-refractivity contribution in [3.63, 3.8) is 0 Å². The van der Waals surface area contributed by atoms with Gasteiger partial charge in [0, 0.05) is 0 Å². The highest BCUT2D eigenvalue weighted by molar-refractivity contribution is 7.81. The third kappa shape index (κ3) is 6.65. The Morgan fingerprint density at radius 3 is 2.00 bits per heavy atom. The minimum absolute atomic E-state index is 1.17. The number of hydrogen-bond acceptors (Lipinski definition) is 0. The Balaban J connectivity index is 0.000000221. The number of hydrogen-bond donors (Lipinski definition) is 1. The van der Waals surface area contributed by atoms with Gasteiger partial charge in [0.2, 0.25) is 6.33 Å². The third-order valence-corrected chi connectivity index (χ3v) is 1.60. The van der Waals surface area contributed by atoms with Crippen molar-refractivity contribution in [2.45, 2.75) is 0 Å². The summed E-state index contributed by atoms with van der Waals surface area (Å²) in [5, 5.41) is 0. The van der Waals surface area contributed by atoms with E-state index in [1.54, 1.807) is 0 Å². The Morgan fingerprint density at radius 1 is 1.00 bits per heavy atom. The summed E-state index contributed by atoms with van der Waals surface area (Å²) in [7, 11) is 17.0. The van der Waals surface area contributed by atoms with E-state index in [9.17, 15) is 0 Å². The van der Waals surface area contributed by atoms with E-state index < -0.39 is 9.39 Å². The molecule has 7 heteroatoms. The molecule has 0 aliphatic rings. The predicted octanol–water partition coefficient (Wildman–Crippen LogP) is 3.67. The zero-order valence-electron chi connectivity index (χ0n) is 8.16. The standard InChI is InChI=1S/C9H8N2.Al.4ClH/c1-2-4-9(5-3-1)11-7-6-10-8-11;;;;;/h1-8H;;4*1H/q;+3;;;;/p-3. The molecular weight excluding hydrogens is 305 g/mol. The van der Waals surface area contributed by atoms with Gasteiger partial charge in [0.05, 0.1) is 0 Å². The Morgan fingerprint density at radius 2 is 1.56 bits per heavy atom. The number of H-pyrrole nitrogens is 1. The van der Waals surface area contributed by atoms with Crippen molar-refractivity contribution < 1.29 is 4.57 Å². The lowest BCUT2D eigenvalue weighted by atomic mass is 10.3. The molecule has 2 aromatic rings. The smallest absolute Gasteiger partial charge is 0.391 e. The molecule has 1 heterocycles. The summed E-state index contributed by atoms with van der Waals surface area (Å²) in [5.74, 6) is 0. The highest BCUT2D eigenvalue weighted by Gasteiger charge is 2.14. The lowest BCUT2D eigenvalue weighted by Gasteiger charge is -1.97. The van der Waals surface area contributed by atoms with E-state index in [1.165, 1.54) is 5.69 Å². The quantitative estimate of drug-likeness (QED) is 0.612. The Bertz CT molecular complexity index is 393. The fourth-order valence-corrected chi connectivity index (χ4v) is 1.05. The van der Waals surface area contributed by atoms with Crippen LogP contribution < -0.4 is 4.57 Å². The van der Waals surface area contributed by atoms with Gasteiger partial charge in [-0.2, -0.15) is 0 Å². The van der Waals surface area contributed by atoms with Gasteiger partial charge in [0.25, 0.3) is 0 Å². The van der Waals surface area contributed by atoms with Gasteiger partial charge in [0.15, 0.2) is 0 Å². The summed E-state index contributed by atoms with van der Waals surface area (Å²) in [6.45, 7) is 0. The first-order chi connectivity index (χ1) is 7.47. The second-order valence-corrected chi connectivity index (χ2v) is 15.7. The van der Waals surface area contributed by atoms with E-state index >= 15 is 0 Å². The number of benzene rings is 1. The Labute approximate surface area is 113 Å². The summed E-state index contributed by atoms with van der Waals surface area (Å²) in [4.78, 5) is 2.99. The first kappa shape index (κ1) is 14.2. The van der Waals surface area contributed by atoms with Crippen LogP contribution in [0.25, 0.3) is 5.69 Å². The summed E-state index contributed by atoms with van der Waals surface area (Å²) in [5.41, 5.74) is 1.17. The molecule has 1 aromatic carbocycles. The third-order valence-electron chi connectivity index (χ3n) is 1.60. The summed E-state index contributed by atoms with van der Waals surface area (Å²) in [6.07, 6.45) is 5.79. The van der Waals surface area contributed by atoms with E-state index in [2.05, 4.69) is 17.1 Å². The maximum atomic E-state index is 4.99. The number of aromatic nitrogens is 2. The summed E-state index contributed by atoms with van der Waals surface area (Å²) in [6, 6.07) is 10.2. The van der Waals surface area contributed by atoms with Crippen LogP contribution in [0.3, 0.4) is 0 Å². The van der Waals surface area contributed by atoms with E-state index in [4.69, 9.17) is 40.2 Å². The molecule has 1 aromatic heterocycles. The molecule has 0 bridgehead atoms. The van der Waals surface area contributed by atoms with Gasteiger partial charge >= 0.3 is 9.39 Å². The van der Waals surface area contributed by atoms with Crippen molar-refractivity contribution in [2.75, 3.05) is 0 Å². The summed E-state index contributed by atoms with van der Waals surface area (Å²) >= 11 is 0. The van der Waals surface area contributed by atoms with Crippen LogP contribution in [0.5, 0.6) is 0 Å². The lowest BCUT2D eigenvalue weighted by molar-refractivity contribution is -0.594. The number of nitrogens with one attached hydrogen (secondary N) is 1. The minimum atomic E-state index is -2.94. The van der Waals surface area contributed by atoms with Crippen LogP contribution in [0, 0.1) is 0 Å². The maximum Gasteiger partial charge on any atom is 0.564 e. The van der Waals surface area contributed by atoms with Crippen LogP contribution >= 0.6 is 40.2 Å². The number of aromatic amines is 1. The predicted molar refractivity (Wildman–Crippen MR) is 71.5 cm³/mol. The highest BCUT2D eigenvalue weighted by Crippen LogP contribution is 2.23. The molecule has 0 saturated heterocycles. The Hall–Kier alpha value is 0.122. The largest absolute Gasteiger partial charge is 0.564 e. The van der Waals surface area contributed by atoms with E-state index in [-0.39, 0.29) is 0 Å². The monoisotopic (exact) mass is 312 g/mol. The zero-order valence-corrected chi connectivity index (χ0v) is 12.3. The number of nitrogens with zero attached hydrogens (tertiary/aromatic N) is 1. The average Bonchev–Trinajstić information content (AvgIpc) is 2.69. The summed E-state index contributed by atoms with van der Waals surface area (Å²) < 4.78 is 2.03. The second kappa shape index (κ2) is 6.76. The normalized spacial score (nSPS) is 10.5. The van der Waals surface area contributed by atoms with Crippen LogP contribution in [0.1, 0.15) is 0 Å². The fraction of sp³-hybridized carbons (Fsp3) is 0. The number of imidazole rings is 1. The molecule has 2 rings (SSSR count). The number of halogens is 4. The molecule has 0 atom stereocenters. The highest BCUT2D eigenvalue weighted by atomic mass is 35.9. The van der Waals surface area contributed by atoms with Crippen molar-refractivity contribution in [1.29, 1.82) is 0 Å². The molecule has 0 radical (unpaired) electrons. The van der Waals surface area contributed by atoms with Crippen LogP contribution in [0.2, 0.25) is 0 Å². The zero-order chi connectivity index (χ0) is 12.0. The molecule has 0 aliphatic heterocycles.